The first kappa shape index (κ1) is 32.6. The van der Waals surface area contributed by atoms with Gasteiger partial charge in [0.15, 0.2) is 0 Å². The number of urea groups is 1. The molecule has 10 nitrogen and oxygen atoms in total. The number of sulfonamides is 1. The van der Waals surface area contributed by atoms with E-state index in [9.17, 15) is 13.2 Å². The molecule has 4 aromatic rings. The fourth-order valence-electron chi connectivity index (χ4n) is 4.97. The zero-order valence-corrected chi connectivity index (χ0v) is 25.2. The molecule has 1 saturated heterocycles. The number of hydrogen-bond acceptors (Lipinski definition) is 7. The molecule has 3 aromatic carbocycles. The Balaban J connectivity index is 0.00000442. The molecule has 1 aliphatic rings. The van der Waals surface area contributed by atoms with Gasteiger partial charge in [0, 0.05) is 55.0 Å². The maximum Gasteiger partial charge on any atom is 0.326 e. The first-order valence-electron chi connectivity index (χ1n) is 13.8. The molecule has 0 atom stereocenters. The lowest BCUT2D eigenvalue weighted by molar-refractivity contribution is 0.199. The Kier molecular flexibility index (Phi) is 10.7. The summed E-state index contributed by atoms with van der Waals surface area (Å²) in [7, 11) is -3.34. The van der Waals surface area contributed by atoms with Gasteiger partial charge in [-0.2, -0.15) is 0 Å². The molecule has 0 aliphatic carbocycles. The summed E-state index contributed by atoms with van der Waals surface area (Å²) in [5, 5.41) is 3.42. The Bertz CT molecular complexity index is 1650. The van der Waals surface area contributed by atoms with Gasteiger partial charge in [-0.3, -0.25) is 14.5 Å². The van der Waals surface area contributed by atoms with Crippen LogP contribution < -0.4 is 25.4 Å². The van der Waals surface area contributed by atoms with Crippen LogP contribution in [0.4, 0.5) is 27.5 Å². The van der Waals surface area contributed by atoms with Crippen LogP contribution in [-0.2, 0) is 16.6 Å². The summed E-state index contributed by atoms with van der Waals surface area (Å²) in [6.07, 6.45) is 4.51. The number of nitrogens with zero attached hydrogens (tertiary/aromatic N) is 3. The number of halogens is 1. The molecule has 5 rings (SSSR count). The molecule has 232 valence electrons. The van der Waals surface area contributed by atoms with Gasteiger partial charge in [0.1, 0.15) is 5.75 Å². The number of nitrogen functional groups attached to an aromatic ring is 1. The van der Waals surface area contributed by atoms with Gasteiger partial charge in [0.05, 0.1) is 17.0 Å². The van der Waals surface area contributed by atoms with Crippen molar-refractivity contribution >= 4 is 50.4 Å². The highest BCUT2D eigenvalue weighted by Crippen LogP contribution is 2.28. The SMILES string of the molecule is C.CS(=O)(=O)Nc1ccc(Oc2ccc(CN3CCC(N(C(=O)Nc4ccc(Cl)c(N)c4)c4ccccc4)CC3)cn2)cc1. The predicted octanol–water partition coefficient (Wildman–Crippen LogP) is 6.82. The average Bonchev–Trinajstić information content (AvgIpc) is 2.98. The van der Waals surface area contributed by atoms with Crippen LogP contribution in [0.5, 0.6) is 11.6 Å². The number of piperidine rings is 1. The molecule has 1 aliphatic heterocycles. The molecule has 0 unspecified atom stereocenters. The molecule has 2 amide bonds. The van der Waals surface area contributed by atoms with E-state index < -0.39 is 10.0 Å². The quantitative estimate of drug-likeness (QED) is 0.172. The third kappa shape index (κ3) is 8.85. The lowest BCUT2D eigenvalue weighted by Crippen LogP contribution is -2.49. The number of carbonyl (C=O) groups is 1. The van der Waals surface area contributed by atoms with Gasteiger partial charge >= 0.3 is 6.03 Å². The molecule has 44 heavy (non-hydrogen) atoms. The van der Waals surface area contributed by atoms with Crippen LogP contribution in [0.25, 0.3) is 0 Å². The second-order valence-corrected chi connectivity index (χ2v) is 12.5. The lowest BCUT2D eigenvalue weighted by atomic mass is 10.0. The molecule has 0 radical (unpaired) electrons. The zero-order chi connectivity index (χ0) is 30.4. The second-order valence-electron chi connectivity index (χ2n) is 10.4. The minimum Gasteiger partial charge on any atom is -0.439 e. The van der Waals surface area contributed by atoms with Gasteiger partial charge in [0.2, 0.25) is 15.9 Å². The third-order valence-electron chi connectivity index (χ3n) is 7.01. The maximum absolute atomic E-state index is 13.5. The van der Waals surface area contributed by atoms with Crippen molar-refractivity contribution in [2.75, 3.05) is 40.0 Å². The maximum atomic E-state index is 13.5. The van der Waals surface area contributed by atoms with Crippen LogP contribution in [0.15, 0.2) is 91.1 Å². The van der Waals surface area contributed by atoms with Crippen molar-refractivity contribution in [3.05, 3.63) is 102 Å². The number of para-hydroxylation sites is 1. The van der Waals surface area contributed by atoms with Gasteiger partial charge in [-0.25, -0.2) is 18.2 Å². The molecule has 4 N–H and O–H groups in total. The number of ether oxygens (including phenoxy) is 1. The van der Waals surface area contributed by atoms with Gasteiger partial charge in [-0.05, 0) is 73.0 Å². The lowest BCUT2D eigenvalue weighted by Gasteiger charge is -2.38. The van der Waals surface area contributed by atoms with Crippen molar-refractivity contribution in [3.63, 3.8) is 0 Å². The Labute approximate surface area is 263 Å². The largest absolute Gasteiger partial charge is 0.439 e. The topological polar surface area (TPSA) is 130 Å². The molecule has 0 spiro atoms. The van der Waals surface area contributed by atoms with E-state index in [1.54, 1.807) is 48.7 Å². The van der Waals surface area contributed by atoms with Gasteiger partial charge in [-0.15, -0.1) is 0 Å². The van der Waals surface area contributed by atoms with Crippen molar-refractivity contribution < 1.29 is 17.9 Å². The number of rotatable bonds is 9. The van der Waals surface area contributed by atoms with E-state index in [-0.39, 0.29) is 19.5 Å². The minimum absolute atomic E-state index is 0. The smallest absolute Gasteiger partial charge is 0.326 e. The van der Waals surface area contributed by atoms with E-state index >= 15 is 0 Å². The number of anilines is 4. The van der Waals surface area contributed by atoms with Crippen LogP contribution in [-0.4, -0.2) is 49.7 Å². The number of nitrogens with two attached hydrogens (primary N) is 1. The highest BCUT2D eigenvalue weighted by Gasteiger charge is 2.29. The standard InChI is InChI=1S/C31H33ClN6O4S.CH4/c1-43(40,41)36-23-8-11-27(12-9-23)42-30-14-7-22(20-34-30)21-37-17-15-26(16-18-37)38(25-5-3-2-4-6-25)31(39)35-24-10-13-28(32)29(33)19-24;/h2-14,19-20,26,36H,15-18,21,33H2,1H3,(H,35,39);1H4. The van der Waals surface area contributed by atoms with Crippen LogP contribution in [0.2, 0.25) is 5.02 Å². The predicted molar refractivity (Wildman–Crippen MR) is 178 cm³/mol. The van der Waals surface area contributed by atoms with E-state index in [1.165, 1.54) is 0 Å². The first-order valence-corrected chi connectivity index (χ1v) is 16.0. The van der Waals surface area contributed by atoms with Gasteiger partial charge in [0.25, 0.3) is 0 Å². The fraction of sp³-hybridized carbons (Fsp3) is 0.250. The third-order valence-corrected chi connectivity index (χ3v) is 7.96. The second kappa shape index (κ2) is 14.4. The molecule has 2 heterocycles. The Morgan fingerprint density at radius 2 is 1.70 bits per heavy atom. The first-order chi connectivity index (χ1) is 20.6. The highest BCUT2D eigenvalue weighted by atomic mass is 35.5. The Morgan fingerprint density at radius 3 is 2.32 bits per heavy atom. The Morgan fingerprint density at radius 1 is 1.02 bits per heavy atom. The molecule has 1 fully saturated rings. The number of hydrogen-bond donors (Lipinski definition) is 3. The average molecular weight is 637 g/mol. The number of benzene rings is 3. The molecular formula is C32H37ClN6O4S. The van der Waals surface area contributed by atoms with Gasteiger partial charge in [-0.1, -0.05) is 43.3 Å². The normalized spacial score (nSPS) is 13.9. The van der Waals surface area contributed by atoms with E-state index in [2.05, 4.69) is 19.9 Å². The summed E-state index contributed by atoms with van der Waals surface area (Å²) in [4.78, 5) is 22.1. The highest BCUT2D eigenvalue weighted by molar-refractivity contribution is 7.92. The molecule has 1 aromatic heterocycles. The number of amides is 2. The van der Waals surface area contributed by atoms with Crippen LogP contribution in [0.1, 0.15) is 25.8 Å². The van der Waals surface area contributed by atoms with Crippen molar-refractivity contribution in [3.8, 4) is 11.6 Å². The van der Waals surface area contributed by atoms with E-state index in [1.807, 2.05) is 47.4 Å². The number of carbonyl (C=O) groups excluding carboxylic acids is 1. The van der Waals surface area contributed by atoms with Crippen molar-refractivity contribution in [1.29, 1.82) is 0 Å². The Hall–Kier alpha value is -4.32. The van der Waals surface area contributed by atoms with Gasteiger partial charge < -0.3 is 15.8 Å². The summed E-state index contributed by atoms with van der Waals surface area (Å²) in [6.45, 7) is 2.37. The van der Waals surface area contributed by atoms with Crippen molar-refractivity contribution in [1.82, 2.24) is 9.88 Å². The summed E-state index contributed by atoms with van der Waals surface area (Å²) < 4.78 is 31.0. The minimum atomic E-state index is -3.34. The number of nitrogens with one attached hydrogen (secondary N) is 2. The fourth-order valence-corrected chi connectivity index (χ4v) is 5.65. The van der Waals surface area contributed by atoms with Crippen LogP contribution in [0, 0.1) is 0 Å². The van der Waals surface area contributed by atoms with Crippen LogP contribution >= 0.6 is 11.6 Å². The summed E-state index contributed by atoms with van der Waals surface area (Å²) in [5.41, 5.74) is 9.28. The van der Waals surface area contributed by atoms with E-state index in [0.717, 1.165) is 50.0 Å². The summed E-state index contributed by atoms with van der Waals surface area (Å²) in [5.74, 6) is 0.992. The van der Waals surface area contributed by atoms with Crippen molar-refractivity contribution in [2.45, 2.75) is 32.9 Å². The number of aromatic nitrogens is 1. The van der Waals surface area contributed by atoms with E-state index in [0.29, 0.717) is 33.7 Å². The number of likely N-dealkylation sites (tertiary alicyclic amines) is 1. The summed E-state index contributed by atoms with van der Waals surface area (Å²) >= 11 is 6.05. The monoisotopic (exact) mass is 636 g/mol. The molecular weight excluding hydrogens is 600 g/mol. The molecule has 12 heteroatoms. The van der Waals surface area contributed by atoms with E-state index in [4.69, 9.17) is 22.1 Å². The zero-order valence-electron chi connectivity index (χ0n) is 23.6. The summed E-state index contributed by atoms with van der Waals surface area (Å²) in [6, 6.07) is 25.0. The number of pyridine rings is 1. The molecule has 0 bridgehead atoms. The molecule has 0 saturated carbocycles. The van der Waals surface area contributed by atoms with Crippen molar-refractivity contribution in [2.24, 2.45) is 0 Å². The van der Waals surface area contributed by atoms with Crippen LogP contribution in [0.3, 0.4) is 0 Å².